The molecular weight excluding hydrogens is 222 g/mol. The summed E-state index contributed by atoms with van der Waals surface area (Å²) in [6.07, 6.45) is 0. The zero-order chi connectivity index (χ0) is 11.9. The third-order valence-corrected chi connectivity index (χ3v) is 3.50. The van der Waals surface area contributed by atoms with E-state index in [9.17, 15) is 4.79 Å². The van der Waals surface area contributed by atoms with E-state index in [0.717, 1.165) is 11.1 Å². The molecule has 84 valence electrons. The minimum Gasteiger partial charge on any atom is -0.408 e. The summed E-state index contributed by atoms with van der Waals surface area (Å²) in [6.45, 7) is 7.47. The number of aromatic nitrogens is 1. The highest BCUT2D eigenvalue weighted by atomic mass is 32.1. The Morgan fingerprint density at radius 1 is 1.31 bits per heavy atom. The molecule has 0 saturated carbocycles. The van der Waals surface area contributed by atoms with Crippen molar-refractivity contribution >= 4 is 28.1 Å². The Morgan fingerprint density at radius 3 is 2.62 bits per heavy atom. The smallest absolute Gasteiger partial charge is 0.309 e. The third kappa shape index (κ3) is 1.80. The summed E-state index contributed by atoms with van der Waals surface area (Å²) in [5.41, 5.74) is 0.913. The van der Waals surface area contributed by atoms with E-state index < -0.39 is 0 Å². The summed E-state index contributed by atoms with van der Waals surface area (Å²) in [7, 11) is 0. The van der Waals surface area contributed by atoms with Crippen molar-refractivity contribution in [1.82, 2.24) is 4.98 Å². The largest absolute Gasteiger partial charge is 0.408 e. The fourth-order valence-electron chi connectivity index (χ4n) is 1.90. The van der Waals surface area contributed by atoms with Crippen molar-refractivity contribution in [2.45, 2.75) is 27.7 Å². The average Bonchev–Trinajstić information content (AvgIpc) is 2.41. The molecule has 0 bridgehead atoms. The number of rotatable bonds is 1. The van der Waals surface area contributed by atoms with E-state index >= 15 is 0 Å². The van der Waals surface area contributed by atoms with E-state index in [4.69, 9.17) is 4.74 Å². The van der Waals surface area contributed by atoms with Gasteiger partial charge in [-0.15, -0.1) is 11.3 Å². The number of thiophene rings is 1. The van der Waals surface area contributed by atoms with Gasteiger partial charge in [-0.2, -0.15) is 0 Å². The van der Waals surface area contributed by atoms with Crippen LogP contribution in [0.4, 0.5) is 0 Å². The molecule has 16 heavy (non-hydrogen) atoms. The van der Waals surface area contributed by atoms with E-state index in [1.165, 1.54) is 22.1 Å². The highest BCUT2D eigenvalue weighted by Crippen LogP contribution is 2.33. The van der Waals surface area contributed by atoms with E-state index in [0.29, 0.717) is 5.88 Å². The minimum atomic E-state index is -0.337. The van der Waals surface area contributed by atoms with Gasteiger partial charge in [0.05, 0.1) is 5.69 Å². The normalized spacial score (nSPS) is 10.8. The Kier molecular flexibility index (Phi) is 2.68. The second-order valence-electron chi connectivity index (χ2n) is 3.78. The molecule has 2 aromatic heterocycles. The highest BCUT2D eigenvalue weighted by molar-refractivity contribution is 7.13. The van der Waals surface area contributed by atoms with Gasteiger partial charge in [0.2, 0.25) is 5.88 Å². The topological polar surface area (TPSA) is 39.2 Å². The summed E-state index contributed by atoms with van der Waals surface area (Å²) < 4.78 is 5.02. The van der Waals surface area contributed by atoms with Crippen LogP contribution in [0.5, 0.6) is 5.88 Å². The maximum Gasteiger partial charge on any atom is 0.309 e. The second kappa shape index (κ2) is 3.87. The van der Waals surface area contributed by atoms with E-state index in [1.807, 2.05) is 13.0 Å². The molecule has 4 heteroatoms. The van der Waals surface area contributed by atoms with Crippen LogP contribution in [0, 0.1) is 20.8 Å². The highest BCUT2D eigenvalue weighted by Gasteiger charge is 2.11. The molecule has 0 aliphatic carbocycles. The van der Waals surface area contributed by atoms with Gasteiger partial charge < -0.3 is 4.74 Å². The van der Waals surface area contributed by atoms with Gasteiger partial charge in [-0.3, -0.25) is 4.79 Å². The van der Waals surface area contributed by atoms with Gasteiger partial charge in [-0.1, -0.05) is 0 Å². The summed E-state index contributed by atoms with van der Waals surface area (Å²) in [4.78, 5) is 17.7. The van der Waals surface area contributed by atoms with Crippen molar-refractivity contribution in [3.05, 3.63) is 21.5 Å². The lowest BCUT2D eigenvalue weighted by atomic mass is 10.1. The Bertz CT molecular complexity index is 572. The molecule has 0 aliphatic rings. The molecule has 0 spiro atoms. The molecule has 2 rings (SSSR count). The van der Waals surface area contributed by atoms with Crippen LogP contribution in [0.1, 0.15) is 22.4 Å². The monoisotopic (exact) mass is 235 g/mol. The molecule has 0 fully saturated rings. The quantitative estimate of drug-likeness (QED) is 0.713. The molecule has 2 heterocycles. The van der Waals surface area contributed by atoms with Gasteiger partial charge >= 0.3 is 5.97 Å². The number of carbonyl (C=O) groups excluding carboxylic acids is 1. The average molecular weight is 235 g/mol. The van der Waals surface area contributed by atoms with Crippen molar-refractivity contribution in [2.75, 3.05) is 0 Å². The minimum absolute atomic E-state index is 0.337. The van der Waals surface area contributed by atoms with Crippen LogP contribution in [0.3, 0.4) is 0 Å². The van der Waals surface area contributed by atoms with E-state index in [-0.39, 0.29) is 5.97 Å². The summed E-state index contributed by atoms with van der Waals surface area (Å²) in [6, 6.07) is 1.84. The van der Waals surface area contributed by atoms with E-state index in [1.54, 1.807) is 11.3 Å². The van der Waals surface area contributed by atoms with Crippen LogP contribution in [0.2, 0.25) is 0 Å². The lowest BCUT2D eigenvalue weighted by molar-refractivity contribution is -0.132. The predicted molar refractivity (Wildman–Crippen MR) is 65.1 cm³/mol. The molecule has 0 amide bonds. The third-order valence-electron chi connectivity index (χ3n) is 2.46. The first-order valence-electron chi connectivity index (χ1n) is 5.05. The van der Waals surface area contributed by atoms with Crippen molar-refractivity contribution in [3.63, 3.8) is 0 Å². The van der Waals surface area contributed by atoms with Crippen molar-refractivity contribution in [2.24, 2.45) is 0 Å². The van der Waals surface area contributed by atoms with Crippen LogP contribution in [0.25, 0.3) is 10.8 Å². The molecule has 0 radical (unpaired) electrons. The number of esters is 1. The Labute approximate surface area is 98.1 Å². The van der Waals surface area contributed by atoms with Gasteiger partial charge in [-0.25, -0.2) is 4.98 Å². The first kappa shape index (κ1) is 11.1. The van der Waals surface area contributed by atoms with Crippen LogP contribution >= 0.6 is 11.3 Å². The first-order chi connectivity index (χ1) is 7.49. The lowest BCUT2D eigenvalue weighted by Gasteiger charge is -2.03. The predicted octanol–water partition coefficient (Wildman–Crippen LogP) is 3.15. The zero-order valence-corrected chi connectivity index (χ0v) is 10.6. The SMILES string of the molecule is CC(=O)Oc1cc2c(C)sc(C)c2c(C)n1. The Balaban J connectivity index is 2.66. The van der Waals surface area contributed by atoms with Crippen LogP contribution in [0.15, 0.2) is 6.07 Å². The molecular formula is C12H13NO2S. The van der Waals surface area contributed by atoms with Gasteiger partial charge in [-0.05, 0) is 20.8 Å². The molecule has 3 nitrogen and oxygen atoms in total. The van der Waals surface area contributed by atoms with Crippen LogP contribution in [-0.2, 0) is 4.79 Å². The second-order valence-corrected chi connectivity index (χ2v) is 5.21. The first-order valence-corrected chi connectivity index (χ1v) is 5.86. The van der Waals surface area contributed by atoms with Gasteiger partial charge in [0, 0.05) is 33.5 Å². The van der Waals surface area contributed by atoms with Crippen molar-refractivity contribution in [3.8, 4) is 5.88 Å². The summed E-state index contributed by atoms with van der Waals surface area (Å²) in [5.74, 6) is 0.0502. The van der Waals surface area contributed by atoms with Gasteiger partial charge in [0.15, 0.2) is 0 Å². The zero-order valence-electron chi connectivity index (χ0n) is 9.75. The molecule has 0 aliphatic heterocycles. The number of fused-ring (bicyclic) bond motifs is 1. The Hall–Kier alpha value is -1.42. The van der Waals surface area contributed by atoms with Crippen LogP contribution in [-0.4, -0.2) is 11.0 Å². The molecule has 0 atom stereocenters. The molecule has 0 aromatic carbocycles. The van der Waals surface area contributed by atoms with Crippen LogP contribution < -0.4 is 4.74 Å². The molecule has 0 unspecified atom stereocenters. The standard InChI is InChI=1S/C12H13NO2S/c1-6-12-8(3)16-7(2)10(12)5-11(13-6)15-9(4)14/h5H,1-4H3. The maximum atomic E-state index is 10.9. The fraction of sp³-hybridized carbons (Fsp3) is 0.333. The molecule has 0 N–H and O–H groups in total. The number of carbonyl (C=O) groups is 1. The van der Waals surface area contributed by atoms with Crippen molar-refractivity contribution < 1.29 is 9.53 Å². The number of hydrogen-bond acceptors (Lipinski definition) is 4. The number of hydrogen-bond donors (Lipinski definition) is 0. The molecule has 2 aromatic rings. The number of aryl methyl sites for hydroxylation is 3. The van der Waals surface area contributed by atoms with Crippen molar-refractivity contribution in [1.29, 1.82) is 0 Å². The summed E-state index contributed by atoms with van der Waals surface area (Å²) >= 11 is 1.74. The van der Waals surface area contributed by atoms with Gasteiger partial charge in [0.1, 0.15) is 0 Å². The fourth-order valence-corrected chi connectivity index (χ4v) is 2.99. The lowest BCUT2D eigenvalue weighted by Crippen LogP contribution is -2.03. The van der Waals surface area contributed by atoms with Gasteiger partial charge in [0.25, 0.3) is 0 Å². The number of pyridine rings is 1. The Morgan fingerprint density at radius 2 is 2.00 bits per heavy atom. The summed E-state index contributed by atoms with van der Waals surface area (Å²) in [5, 5.41) is 2.31. The number of nitrogens with zero attached hydrogens (tertiary/aromatic N) is 1. The molecule has 0 saturated heterocycles. The van der Waals surface area contributed by atoms with E-state index in [2.05, 4.69) is 18.8 Å². The maximum absolute atomic E-state index is 10.9. The number of ether oxygens (including phenoxy) is 1.